The highest BCUT2D eigenvalue weighted by Gasteiger charge is 2.04. The molecule has 0 heterocycles. The van der Waals surface area contributed by atoms with Gasteiger partial charge in [-0.3, -0.25) is 9.59 Å². The zero-order valence-electron chi connectivity index (χ0n) is 13.8. The molecule has 2 aromatic rings. The topological polar surface area (TPSA) is 103 Å². The van der Waals surface area contributed by atoms with Gasteiger partial charge in [0.05, 0.1) is 12.8 Å². The summed E-state index contributed by atoms with van der Waals surface area (Å²) in [6.07, 6.45) is 1.50. The number of ether oxygens (including phenoxy) is 2. The molecule has 0 fully saturated rings. The van der Waals surface area contributed by atoms with Crippen LogP contribution in [0.1, 0.15) is 22.8 Å². The van der Waals surface area contributed by atoms with Crippen LogP contribution in [0.5, 0.6) is 11.5 Å². The molecule has 2 amide bonds. The van der Waals surface area contributed by atoms with Crippen molar-refractivity contribution in [3.8, 4) is 11.5 Å². The first-order valence-electron chi connectivity index (χ1n) is 7.66. The summed E-state index contributed by atoms with van der Waals surface area (Å²) in [5, 5.41) is 3.91. The smallest absolute Gasteiger partial charge is 0.271 e. The molecule has 2 aromatic carbocycles. The lowest BCUT2D eigenvalue weighted by atomic mass is 10.2. The number of benzene rings is 2. The van der Waals surface area contributed by atoms with E-state index in [0.29, 0.717) is 23.7 Å². The number of nitrogens with zero attached hydrogens (tertiary/aromatic N) is 1. The predicted octanol–water partition coefficient (Wildman–Crippen LogP) is 1.71. The molecule has 25 heavy (non-hydrogen) atoms. The Hall–Kier alpha value is -3.35. The van der Waals surface area contributed by atoms with Crippen LogP contribution in [-0.2, 0) is 4.79 Å². The normalized spacial score (nSPS) is 10.4. The Morgan fingerprint density at radius 3 is 2.24 bits per heavy atom. The third kappa shape index (κ3) is 5.98. The molecule has 0 atom stereocenters. The molecule has 7 nitrogen and oxygen atoms in total. The van der Waals surface area contributed by atoms with Crippen molar-refractivity contribution in [2.75, 3.05) is 13.2 Å². The van der Waals surface area contributed by atoms with Crippen LogP contribution in [0.15, 0.2) is 53.6 Å². The number of nitrogens with two attached hydrogens (primary N) is 1. The van der Waals surface area contributed by atoms with Crippen LogP contribution in [0.2, 0.25) is 0 Å². The number of nitrogens with one attached hydrogen (secondary N) is 1. The van der Waals surface area contributed by atoms with E-state index < -0.39 is 5.91 Å². The molecule has 0 aliphatic heterocycles. The van der Waals surface area contributed by atoms with Crippen LogP contribution in [0.3, 0.4) is 0 Å². The summed E-state index contributed by atoms with van der Waals surface area (Å²) in [6, 6.07) is 13.6. The van der Waals surface area contributed by atoms with Crippen LogP contribution in [0, 0.1) is 0 Å². The second-order valence-electron chi connectivity index (χ2n) is 4.98. The maximum absolute atomic E-state index is 12.0. The van der Waals surface area contributed by atoms with Crippen molar-refractivity contribution < 1.29 is 19.1 Å². The monoisotopic (exact) mass is 341 g/mol. The highest BCUT2D eigenvalue weighted by Crippen LogP contribution is 2.12. The Labute approximate surface area is 145 Å². The van der Waals surface area contributed by atoms with Crippen LogP contribution < -0.4 is 20.6 Å². The number of amides is 2. The molecule has 0 saturated carbocycles. The Morgan fingerprint density at radius 2 is 1.64 bits per heavy atom. The number of carbonyl (C=O) groups is 2. The standard InChI is InChI=1S/C18H19N3O4/c1-2-24-15-9-5-14(6-10-15)18(23)21-20-11-13-3-7-16(8-4-13)25-12-17(19)22/h3-11H,2,12H2,1H3,(H2,19,22)(H,21,23)/b20-11-. The van der Waals surface area contributed by atoms with Crippen LogP contribution in [0.25, 0.3) is 0 Å². The van der Waals surface area contributed by atoms with E-state index in [1.54, 1.807) is 48.5 Å². The zero-order chi connectivity index (χ0) is 18.1. The molecule has 0 aliphatic carbocycles. The van der Waals surface area contributed by atoms with Crippen molar-refractivity contribution in [2.45, 2.75) is 6.92 Å². The number of hydrogen-bond donors (Lipinski definition) is 2. The molecule has 0 bridgehead atoms. The van der Waals surface area contributed by atoms with Gasteiger partial charge in [0.1, 0.15) is 11.5 Å². The number of carbonyl (C=O) groups excluding carboxylic acids is 2. The minimum Gasteiger partial charge on any atom is -0.494 e. The highest BCUT2D eigenvalue weighted by atomic mass is 16.5. The summed E-state index contributed by atoms with van der Waals surface area (Å²) in [5.41, 5.74) is 8.70. The van der Waals surface area contributed by atoms with E-state index in [2.05, 4.69) is 10.5 Å². The average molecular weight is 341 g/mol. The maximum atomic E-state index is 12.0. The second kappa shape index (κ2) is 9.07. The molecule has 0 aromatic heterocycles. The number of rotatable bonds is 8. The number of hydrazone groups is 1. The van der Waals surface area contributed by atoms with Crippen molar-refractivity contribution in [3.63, 3.8) is 0 Å². The van der Waals surface area contributed by atoms with E-state index in [1.165, 1.54) is 6.21 Å². The Bertz CT molecular complexity index is 740. The van der Waals surface area contributed by atoms with Crippen molar-refractivity contribution in [2.24, 2.45) is 10.8 Å². The van der Waals surface area contributed by atoms with E-state index in [4.69, 9.17) is 15.2 Å². The van der Waals surface area contributed by atoms with E-state index in [9.17, 15) is 9.59 Å². The quantitative estimate of drug-likeness (QED) is 0.563. The summed E-state index contributed by atoms with van der Waals surface area (Å²) >= 11 is 0. The lowest BCUT2D eigenvalue weighted by Crippen LogP contribution is -2.20. The summed E-state index contributed by atoms with van der Waals surface area (Å²) < 4.78 is 10.5. The van der Waals surface area contributed by atoms with Gasteiger partial charge < -0.3 is 15.2 Å². The molecule has 7 heteroatoms. The van der Waals surface area contributed by atoms with Gasteiger partial charge in [-0.2, -0.15) is 5.10 Å². The number of hydrogen-bond acceptors (Lipinski definition) is 5. The maximum Gasteiger partial charge on any atom is 0.271 e. The Kier molecular flexibility index (Phi) is 6.53. The third-order valence-corrected chi connectivity index (χ3v) is 3.07. The molecule has 130 valence electrons. The zero-order valence-corrected chi connectivity index (χ0v) is 13.8. The lowest BCUT2D eigenvalue weighted by molar-refractivity contribution is -0.119. The van der Waals surface area contributed by atoms with Crippen molar-refractivity contribution in [1.82, 2.24) is 5.43 Å². The van der Waals surface area contributed by atoms with Crippen molar-refractivity contribution in [1.29, 1.82) is 0 Å². The van der Waals surface area contributed by atoms with E-state index in [0.717, 1.165) is 5.56 Å². The molecular formula is C18H19N3O4. The van der Waals surface area contributed by atoms with Gasteiger partial charge in [0.2, 0.25) is 0 Å². The molecular weight excluding hydrogens is 322 g/mol. The summed E-state index contributed by atoms with van der Waals surface area (Å²) in [4.78, 5) is 22.6. The van der Waals surface area contributed by atoms with Crippen LogP contribution in [0.4, 0.5) is 0 Å². The Balaban J connectivity index is 1.87. The fourth-order valence-electron chi connectivity index (χ4n) is 1.90. The van der Waals surface area contributed by atoms with Crippen molar-refractivity contribution >= 4 is 18.0 Å². The predicted molar refractivity (Wildman–Crippen MR) is 93.8 cm³/mol. The van der Waals surface area contributed by atoms with Gasteiger partial charge in [0, 0.05) is 5.56 Å². The van der Waals surface area contributed by atoms with Gasteiger partial charge in [-0.25, -0.2) is 5.43 Å². The first-order chi connectivity index (χ1) is 12.1. The van der Waals surface area contributed by atoms with E-state index >= 15 is 0 Å². The molecule has 2 rings (SSSR count). The van der Waals surface area contributed by atoms with Gasteiger partial charge in [-0.05, 0) is 61.0 Å². The lowest BCUT2D eigenvalue weighted by Gasteiger charge is -2.04. The minimum absolute atomic E-state index is 0.175. The fraction of sp³-hybridized carbons (Fsp3) is 0.167. The first-order valence-corrected chi connectivity index (χ1v) is 7.66. The highest BCUT2D eigenvalue weighted by molar-refractivity contribution is 5.95. The summed E-state index contributed by atoms with van der Waals surface area (Å²) in [5.74, 6) is 0.374. The van der Waals surface area contributed by atoms with Crippen LogP contribution in [-0.4, -0.2) is 31.2 Å². The van der Waals surface area contributed by atoms with Gasteiger partial charge in [-0.1, -0.05) is 0 Å². The molecule has 0 unspecified atom stereocenters. The van der Waals surface area contributed by atoms with E-state index in [-0.39, 0.29) is 12.5 Å². The number of primary amides is 1. The SMILES string of the molecule is CCOc1ccc(C(=O)N/N=C\c2ccc(OCC(N)=O)cc2)cc1. The first kappa shape index (κ1) is 18.0. The van der Waals surface area contributed by atoms with Gasteiger partial charge in [0.15, 0.2) is 6.61 Å². The fourth-order valence-corrected chi connectivity index (χ4v) is 1.90. The van der Waals surface area contributed by atoms with Gasteiger partial charge in [-0.15, -0.1) is 0 Å². The average Bonchev–Trinajstić information content (AvgIpc) is 2.62. The molecule has 0 radical (unpaired) electrons. The summed E-state index contributed by atoms with van der Waals surface area (Å²) in [6.45, 7) is 2.29. The van der Waals surface area contributed by atoms with Crippen LogP contribution >= 0.6 is 0 Å². The minimum atomic E-state index is -0.539. The van der Waals surface area contributed by atoms with Crippen molar-refractivity contribution in [3.05, 3.63) is 59.7 Å². The molecule has 3 N–H and O–H groups in total. The molecule has 0 spiro atoms. The van der Waals surface area contributed by atoms with Gasteiger partial charge in [0.25, 0.3) is 11.8 Å². The largest absolute Gasteiger partial charge is 0.494 e. The van der Waals surface area contributed by atoms with Gasteiger partial charge >= 0.3 is 0 Å². The van der Waals surface area contributed by atoms with E-state index in [1.807, 2.05) is 6.92 Å². The molecule has 0 aliphatic rings. The summed E-state index contributed by atoms with van der Waals surface area (Å²) in [7, 11) is 0. The molecule has 0 saturated heterocycles. The third-order valence-electron chi connectivity index (χ3n) is 3.07. The Morgan fingerprint density at radius 1 is 1.04 bits per heavy atom. The second-order valence-corrected chi connectivity index (χ2v) is 4.98.